The zero-order chi connectivity index (χ0) is 10.3. The van der Waals surface area contributed by atoms with Gasteiger partial charge in [0.1, 0.15) is 11.4 Å². The molecule has 2 saturated carbocycles. The topological polar surface area (TPSA) is 26.3 Å². The molecule has 0 radical (unpaired) electrons. The van der Waals surface area contributed by atoms with Crippen LogP contribution in [0.1, 0.15) is 39.0 Å². The van der Waals surface area contributed by atoms with Crippen LogP contribution in [0.4, 0.5) is 0 Å². The van der Waals surface area contributed by atoms with Crippen molar-refractivity contribution < 1.29 is 9.53 Å². The number of hydrogen-bond acceptors (Lipinski definition) is 2. The Balaban J connectivity index is 2.00. The Morgan fingerprint density at radius 3 is 3.07 bits per heavy atom. The lowest BCUT2D eigenvalue weighted by Crippen LogP contribution is -2.56. The molecule has 2 aliphatic carbocycles. The highest BCUT2D eigenvalue weighted by Gasteiger charge is 2.72. The van der Waals surface area contributed by atoms with Gasteiger partial charge in [0.2, 0.25) is 0 Å². The maximum Gasteiger partial charge on any atom is 0.148 e. The van der Waals surface area contributed by atoms with Gasteiger partial charge in [-0.05, 0) is 39.0 Å². The van der Waals surface area contributed by atoms with E-state index in [0.29, 0.717) is 5.78 Å². The molecule has 4 rings (SSSR count). The number of fused-ring (bicyclic) bond motifs is 3. The van der Waals surface area contributed by atoms with E-state index >= 15 is 0 Å². The van der Waals surface area contributed by atoms with Gasteiger partial charge in [-0.1, -0.05) is 12.2 Å². The highest BCUT2D eigenvalue weighted by molar-refractivity contribution is 5.94. The molecule has 80 valence electrons. The first-order chi connectivity index (χ1) is 7.12. The second kappa shape index (κ2) is 2.08. The van der Waals surface area contributed by atoms with Crippen LogP contribution in [-0.4, -0.2) is 17.0 Å². The summed E-state index contributed by atoms with van der Waals surface area (Å²) in [5.41, 5.74) is -0.600. The third kappa shape index (κ3) is 0.655. The zero-order valence-corrected chi connectivity index (χ0v) is 9.08. The number of rotatable bonds is 0. The van der Waals surface area contributed by atoms with Gasteiger partial charge >= 0.3 is 0 Å². The second-order valence-corrected chi connectivity index (χ2v) is 5.90. The first-order valence-corrected chi connectivity index (χ1v) is 6.07. The number of ether oxygens (including phenoxy) is 1. The van der Waals surface area contributed by atoms with E-state index in [2.05, 4.69) is 19.1 Å². The molecule has 0 aromatic carbocycles. The molecule has 2 aliphatic heterocycles. The Kier molecular flexibility index (Phi) is 1.18. The molecular weight excluding hydrogens is 188 g/mol. The van der Waals surface area contributed by atoms with E-state index in [1.54, 1.807) is 0 Å². The summed E-state index contributed by atoms with van der Waals surface area (Å²) in [7, 11) is 0. The van der Waals surface area contributed by atoms with E-state index in [1.165, 1.54) is 0 Å². The number of carbonyl (C=O) groups is 1. The minimum Gasteiger partial charge on any atom is -0.359 e. The van der Waals surface area contributed by atoms with Crippen LogP contribution in [0.2, 0.25) is 0 Å². The van der Waals surface area contributed by atoms with Crippen molar-refractivity contribution in [2.75, 3.05) is 0 Å². The van der Waals surface area contributed by atoms with Gasteiger partial charge in [0.25, 0.3) is 0 Å². The van der Waals surface area contributed by atoms with E-state index in [-0.39, 0.29) is 22.5 Å². The number of ketones is 1. The minimum absolute atomic E-state index is 0.121. The molecule has 0 aromatic rings. The van der Waals surface area contributed by atoms with E-state index in [0.717, 1.165) is 32.1 Å². The molecule has 1 saturated heterocycles. The Labute approximate surface area is 89.7 Å². The second-order valence-electron chi connectivity index (χ2n) is 5.90. The first-order valence-electron chi connectivity index (χ1n) is 6.07. The maximum absolute atomic E-state index is 12.5. The summed E-state index contributed by atoms with van der Waals surface area (Å²) in [6, 6.07) is 0. The summed E-state index contributed by atoms with van der Waals surface area (Å²) >= 11 is 0. The molecule has 0 aromatic heterocycles. The van der Waals surface area contributed by atoms with Gasteiger partial charge in [-0.15, -0.1) is 0 Å². The number of hydrogen-bond donors (Lipinski definition) is 0. The van der Waals surface area contributed by atoms with Gasteiger partial charge in [0, 0.05) is 0 Å². The third-order valence-corrected chi connectivity index (χ3v) is 5.39. The van der Waals surface area contributed by atoms with Gasteiger partial charge < -0.3 is 4.74 Å². The van der Waals surface area contributed by atoms with Crippen molar-refractivity contribution in [2.45, 2.75) is 50.2 Å². The molecule has 2 heterocycles. The van der Waals surface area contributed by atoms with Crippen LogP contribution in [0.25, 0.3) is 0 Å². The molecule has 0 unspecified atom stereocenters. The van der Waals surface area contributed by atoms with Crippen LogP contribution < -0.4 is 0 Å². The number of Topliss-reactive ketones (excluding diaryl/α,β-unsaturated/α-hetero) is 1. The molecule has 0 amide bonds. The van der Waals surface area contributed by atoms with Crippen molar-refractivity contribution in [3.05, 3.63) is 12.2 Å². The fraction of sp³-hybridized carbons (Fsp3) is 0.769. The van der Waals surface area contributed by atoms with E-state index in [4.69, 9.17) is 4.74 Å². The monoisotopic (exact) mass is 204 g/mol. The lowest BCUT2D eigenvalue weighted by atomic mass is 9.70. The molecule has 4 atom stereocenters. The van der Waals surface area contributed by atoms with Crippen molar-refractivity contribution in [2.24, 2.45) is 11.3 Å². The summed E-state index contributed by atoms with van der Waals surface area (Å²) in [5.74, 6) is 0.654. The SMILES string of the molecule is C[C@@]12C=C[C@]3(CCC[C@]34CC[C@H]1C4=O)O2. The smallest absolute Gasteiger partial charge is 0.148 e. The average Bonchev–Trinajstić information content (AvgIpc) is 2.78. The van der Waals surface area contributed by atoms with Gasteiger partial charge in [-0.2, -0.15) is 0 Å². The summed E-state index contributed by atoms with van der Waals surface area (Å²) < 4.78 is 6.31. The maximum atomic E-state index is 12.5. The van der Waals surface area contributed by atoms with Crippen LogP contribution in [0.5, 0.6) is 0 Å². The standard InChI is InChI=1S/C13H16O2/c1-11-7-8-13(15-11)5-2-4-12(13)6-3-9(11)10(12)14/h7-9H,2-6H2,1H3/t9-,11+,12+,13-/m0/s1. The van der Waals surface area contributed by atoms with E-state index in [1.807, 2.05) is 0 Å². The van der Waals surface area contributed by atoms with Gasteiger partial charge in [-0.3, -0.25) is 4.79 Å². The van der Waals surface area contributed by atoms with Crippen LogP contribution >= 0.6 is 0 Å². The summed E-state index contributed by atoms with van der Waals surface area (Å²) in [6.45, 7) is 2.09. The average molecular weight is 204 g/mol. The molecule has 2 heteroatoms. The molecule has 15 heavy (non-hydrogen) atoms. The van der Waals surface area contributed by atoms with Gasteiger partial charge in [-0.25, -0.2) is 0 Å². The van der Waals surface area contributed by atoms with E-state index < -0.39 is 0 Å². The quantitative estimate of drug-likeness (QED) is 0.566. The molecule has 2 nitrogen and oxygen atoms in total. The van der Waals surface area contributed by atoms with Gasteiger partial charge in [0.05, 0.1) is 16.9 Å². The largest absolute Gasteiger partial charge is 0.359 e. The van der Waals surface area contributed by atoms with Crippen molar-refractivity contribution in [1.82, 2.24) is 0 Å². The fourth-order valence-corrected chi connectivity index (χ4v) is 4.64. The third-order valence-electron chi connectivity index (χ3n) is 5.39. The molecule has 4 aliphatic rings. The Bertz CT molecular complexity index is 399. The highest BCUT2D eigenvalue weighted by atomic mass is 16.5. The lowest BCUT2D eigenvalue weighted by Gasteiger charge is -2.46. The van der Waals surface area contributed by atoms with Crippen molar-refractivity contribution in [1.29, 1.82) is 0 Å². The predicted molar refractivity (Wildman–Crippen MR) is 55.4 cm³/mol. The Morgan fingerprint density at radius 2 is 2.20 bits per heavy atom. The fourth-order valence-electron chi connectivity index (χ4n) is 4.64. The van der Waals surface area contributed by atoms with E-state index in [9.17, 15) is 4.79 Å². The first kappa shape index (κ1) is 8.51. The highest BCUT2D eigenvalue weighted by Crippen LogP contribution is 2.67. The van der Waals surface area contributed by atoms with Crippen molar-refractivity contribution in [3.8, 4) is 0 Å². The van der Waals surface area contributed by atoms with Crippen molar-refractivity contribution >= 4 is 5.78 Å². The van der Waals surface area contributed by atoms with Crippen molar-refractivity contribution in [3.63, 3.8) is 0 Å². The van der Waals surface area contributed by atoms with Crippen LogP contribution in [-0.2, 0) is 9.53 Å². The number of carbonyl (C=O) groups excluding carboxylic acids is 1. The molecular formula is C13H16O2. The normalized spacial score (nSPS) is 60.1. The molecule has 2 spiro atoms. The summed E-state index contributed by atoms with van der Waals surface area (Å²) in [6.07, 6.45) is 9.76. The lowest BCUT2D eigenvalue weighted by molar-refractivity contribution is -0.185. The summed E-state index contributed by atoms with van der Waals surface area (Å²) in [4.78, 5) is 12.5. The molecule has 0 N–H and O–H groups in total. The van der Waals surface area contributed by atoms with Crippen LogP contribution in [0.3, 0.4) is 0 Å². The van der Waals surface area contributed by atoms with Crippen LogP contribution in [0, 0.1) is 11.3 Å². The predicted octanol–water partition coefficient (Wildman–Crippen LogP) is 2.23. The summed E-state index contributed by atoms with van der Waals surface area (Å²) in [5, 5.41) is 0. The van der Waals surface area contributed by atoms with Crippen LogP contribution in [0.15, 0.2) is 12.2 Å². The van der Waals surface area contributed by atoms with Gasteiger partial charge in [0.15, 0.2) is 0 Å². The Morgan fingerprint density at radius 1 is 1.33 bits per heavy atom. The molecule has 3 fully saturated rings. The zero-order valence-electron chi connectivity index (χ0n) is 9.08. The molecule has 4 bridgehead atoms. The minimum atomic E-state index is -0.276. The Hall–Kier alpha value is -0.630.